The smallest absolute Gasteiger partial charge is 0.279 e. The van der Waals surface area contributed by atoms with Gasteiger partial charge in [0.2, 0.25) is 0 Å². The van der Waals surface area contributed by atoms with Gasteiger partial charge in [-0.15, -0.1) is 0 Å². The number of carbonyl (C=O) groups excluding carboxylic acids is 1. The maximum Gasteiger partial charge on any atom is 0.279 e. The molecule has 10 nitrogen and oxygen atoms in total. The molecular formula is C19H19N5O5. The molecule has 29 heavy (non-hydrogen) atoms. The van der Waals surface area contributed by atoms with Crippen molar-refractivity contribution in [3.05, 3.63) is 73.6 Å². The van der Waals surface area contributed by atoms with Gasteiger partial charge in [-0.1, -0.05) is 12.1 Å². The second-order valence-corrected chi connectivity index (χ2v) is 6.56. The van der Waals surface area contributed by atoms with E-state index in [0.29, 0.717) is 19.5 Å². The topological polar surface area (TPSA) is 133 Å². The molecule has 150 valence electrons. The fourth-order valence-electron chi connectivity index (χ4n) is 3.23. The molecule has 1 amide bonds. The third kappa shape index (κ3) is 4.05. The Balaban J connectivity index is 1.70. The zero-order valence-corrected chi connectivity index (χ0v) is 15.9. The Bertz CT molecular complexity index is 1120. The lowest BCUT2D eigenvalue weighted by molar-refractivity contribution is -0.394. The fraction of sp³-hybridized carbons (Fsp3) is 0.263. The van der Waals surface area contributed by atoms with Crippen molar-refractivity contribution < 1.29 is 14.6 Å². The summed E-state index contributed by atoms with van der Waals surface area (Å²) in [4.78, 5) is 37.7. The molecule has 0 saturated carbocycles. The number of aromatic nitrogens is 2. The van der Waals surface area contributed by atoms with Crippen molar-refractivity contribution in [2.75, 3.05) is 6.54 Å². The number of para-hydroxylation sites is 2. The first-order valence-electron chi connectivity index (χ1n) is 8.93. The number of fused-ring (bicyclic) bond motifs is 1. The highest BCUT2D eigenvalue weighted by molar-refractivity contribution is 5.97. The monoisotopic (exact) mass is 397 g/mol. The number of non-ortho nitro benzene ring substituents is 1. The van der Waals surface area contributed by atoms with E-state index in [1.54, 1.807) is 0 Å². The van der Waals surface area contributed by atoms with E-state index in [9.17, 15) is 25.0 Å². The summed E-state index contributed by atoms with van der Waals surface area (Å²) >= 11 is 0. The van der Waals surface area contributed by atoms with E-state index < -0.39 is 27.1 Å². The van der Waals surface area contributed by atoms with Crippen LogP contribution in [0.2, 0.25) is 0 Å². The summed E-state index contributed by atoms with van der Waals surface area (Å²) < 4.78 is 2.05. The number of imidazole rings is 1. The second kappa shape index (κ2) is 8.05. The molecule has 0 aliphatic carbocycles. The van der Waals surface area contributed by atoms with E-state index >= 15 is 0 Å². The van der Waals surface area contributed by atoms with Gasteiger partial charge in [-0.2, -0.15) is 0 Å². The van der Waals surface area contributed by atoms with Crippen molar-refractivity contribution in [3.63, 3.8) is 0 Å². The molecule has 0 aliphatic heterocycles. The summed E-state index contributed by atoms with van der Waals surface area (Å²) in [6.45, 7) is 4.24. The van der Waals surface area contributed by atoms with Gasteiger partial charge in [0, 0.05) is 24.7 Å². The molecule has 0 unspecified atom stereocenters. The summed E-state index contributed by atoms with van der Waals surface area (Å²) in [5, 5.41) is 24.9. The molecule has 0 spiro atoms. The van der Waals surface area contributed by atoms with Crippen LogP contribution in [-0.4, -0.2) is 31.8 Å². The van der Waals surface area contributed by atoms with E-state index in [-0.39, 0.29) is 11.1 Å². The zero-order chi connectivity index (χ0) is 21.1. The van der Waals surface area contributed by atoms with Crippen LogP contribution in [0.5, 0.6) is 0 Å². The molecule has 10 heteroatoms. The molecule has 1 aromatic heterocycles. The maximum atomic E-state index is 12.5. The van der Waals surface area contributed by atoms with Gasteiger partial charge in [0.15, 0.2) is 0 Å². The predicted octanol–water partition coefficient (Wildman–Crippen LogP) is 3.29. The van der Waals surface area contributed by atoms with E-state index in [1.165, 1.54) is 6.92 Å². The van der Waals surface area contributed by atoms with E-state index in [4.69, 9.17) is 0 Å². The van der Waals surface area contributed by atoms with E-state index in [0.717, 1.165) is 29.0 Å². The number of amides is 1. The molecular weight excluding hydrogens is 378 g/mol. The summed E-state index contributed by atoms with van der Waals surface area (Å²) in [6.07, 6.45) is 0.600. The van der Waals surface area contributed by atoms with Crippen molar-refractivity contribution in [1.29, 1.82) is 0 Å². The van der Waals surface area contributed by atoms with Crippen molar-refractivity contribution in [2.45, 2.75) is 26.8 Å². The largest absolute Gasteiger partial charge is 0.352 e. The summed E-state index contributed by atoms with van der Waals surface area (Å²) in [5.74, 6) is 0.282. The lowest BCUT2D eigenvalue weighted by Crippen LogP contribution is -2.26. The lowest BCUT2D eigenvalue weighted by Gasteiger charge is -2.10. The van der Waals surface area contributed by atoms with Crippen LogP contribution in [0, 0.1) is 34.1 Å². The minimum absolute atomic E-state index is 0.0739. The SMILES string of the molecule is Cc1c(C(=O)NCCCn2c(C)nc3ccccc32)cc([N+](=O)[O-])cc1[N+](=O)[O-]. The highest BCUT2D eigenvalue weighted by Gasteiger charge is 2.24. The summed E-state index contributed by atoms with van der Waals surface area (Å²) in [7, 11) is 0. The Hall–Kier alpha value is -3.82. The van der Waals surface area contributed by atoms with Crippen molar-refractivity contribution in [2.24, 2.45) is 0 Å². The molecule has 0 radical (unpaired) electrons. The number of nitrogens with zero attached hydrogens (tertiary/aromatic N) is 4. The average molecular weight is 397 g/mol. The molecule has 2 aromatic carbocycles. The van der Waals surface area contributed by atoms with Crippen LogP contribution >= 0.6 is 0 Å². The minimum Gasteiger partial charge on any atom is -0.352 e. The lowest BCUT2D eigenvalue weighted by atomic mass is 10.0. The predicted molar refractivity (Wildman–Crippen MR) is 106 cm³/mol. The minimum atomic E-state index is -0.754. The average Bonchev–Trinajstić information content (AvgIpc) is 3.00. The number of nitrogens with one attached hydrogen (secondary N) is 1. The van der Waals surface area contributed by atoms with Crippen LogP contribution in [-0.2, 0) is 6.54 Å². The molecule has 3 rings (SSSR count). The molecule has 0 fully saturated rings. The van der Waals surface area contributed by atoms with Gasteiger partial charge in [-0.3, -0.25) is 25.0 Å². The normalized spacial score (nSPS) is 10.8. The van der Waals surface area contributed by atoms with Crippen LogP contribution < -0.4 is 5.32 Å². The number of hydrogen-bond acceptors (Lipinski definition) is 6. The third-order valence-corrected chi connectivity index (χ3v) is 4.71. The van der Waals surface area contributed by atoms with Crippen LogP contribution in [0.15, 0.2) is 36.4 Å². The Morgan fingerprint density at radius 1 is 1.14 bits per heavy atom. The fourth-order valence-corrected chi connectivity index (χ4v) is 3.23. The molecule has 0 bridgehead atoms. The summed E-state index contributed by atoms with van der Waals surface area (Å²) in [5.41, 5.74) is 0.970. The van der Waals surface area contributed by atoms with Crippen molar-refractivity contribution >= 4 is 28.3 Å². The van der Waals surface area contributed by atoms with Crippen LogP contribution in [0.3, 0.4) is 0 Å². The van der Waals surface area contributed by atoms with Gasteiger partial charge >= 0.3 is 0 Å². The van der Waals surface area contributed by atoms with E-state index in [2.05, 4.69) is 10.3 Å². The van der Waals surface area contributed by atoms with E-state index in [1.807, 2.05) is 35.8 Å². The highest BCUT2D eigenvalue weighted by atomic mass is 16.6. The van der Waals surface area contributed by atoms with Gasteiger partial charge in [0.05, 0.1) is 32.5 Å². The Morgan fingerprint density at radius 3 is 2.55 bits per heavy atom. The van der Waals surface area contributed by atoms with Crippen molar-refractivity contribution in [1.82, 2.24) is 14.9 Å². The van der Waals surface area contributed by atoms with Crippen LogP contribution in [0.1, 0.15) is 28.2 Å². The Morgan fingerprint density at radius 2 is 1.86 bits per heavy atom. The van der Waals surface area contributed by atoms with Crippen molar-refractivity contribution in [3.8, 4) is 0 Å². The summed E-state index contributed by atoms with van der Waals surface area (Å²) in [6, 6.07) is 9.67. The maximum absolute atomic E-state index is 12.5. The molecule has 0 aliphatic rings. The number of hydrogen-bond donors (Lipinski definition) is 1. The number of carbonyl (C=O) groups is 1. The molecule has 3 aromatic rings. The van der Waals surface area contributed by atoms with Crippen LogP contribution in [0.25, 0.3) is 11.0 Å². The Labute approximate surface area is 165 Å². The number of rotatable bonds is 7. The quantitative estimate of drug-likeness (QED) is 0.369. The highest BCUT2D eigenvalue weighted by Crippen LogP contribution is 2.28. The molecule has 1 heterocycles. The number of benzene rings is 2. The Kier molecular flexibility index (Phi) is 5.53. The molecule has 1 N–H and O–H groups in total. The number of aryl methyl sites for hydroxylation is 2. The number of nitro benzene ring substituents is 2. The van der Waals surface area contributed by atoms with Crippen LogP contribution in [0.4, 0.5) is 11.4 Å². The first-order valence-corrected chi connectivity index (χ1v) is 8.93. The standard InChI is InChI=1S/C19H19N5O5/c1-12-15(10-14(23(26)27)11-18(12)24(28)29)19(25)20-8-5-9-22-13(2)21-16-6-3-4-7-17(16)22/h3-4,6-7,10-11H,5,8-9H2,1-2H3,(H,20,25). The third-order valence-electron chi connectivity index (χ3n) is 4.71. The van der Waals surface area contributed by atoms with Gasteiger partial charge in [0.25, 0.3) is 17.3 Å². The molecule has 0 saturated heterocycles. The zero-order valence-electron chi connectivity index (χ0n) is 15.9. The van der Waals surface area contributed by atoms with Gasteiger partial charge in [-0.25, -0.2) is 4.98 Å². The second-order valence-electron chi connectivity index (χ2n) is 6.56. The first-order chi connectivity index (χ1) is 13.8. The van der Waals surface area contributed by atoms with Gasteiger partial charge < -0.3 is 9.88 Å². The number of nitro groups is 2. The van der Waals surface area contributed by atoms with Gasteiger partial charge in [-0.05, 0) is 32.4 Å². The van der Waals surface area contributed by atoms with Gasteiger partial charge in [0.1, 0.15) is 5.82 Å². The first kappa shape index (κ1) is 19.9. The molecule has 0 atom stereocenters.